The van der Waals surface area contributed by atoms with Crippen LogP contribution < -0.4 is 10.0 Å². The molecular weight excluding hydrogens is 422 g/mol. The maximum absolute atomic E-state index is 12.8. The summed E-state index contributed by atoms with van der Waals surface area (Å²) >= 11 is 6.26. The summed E-state index contributed by atoms with van der Waals surface area (Å²) in [6.45, 7) is 6.19. The van der Waals surface area contributed by atoms with Crippen molar-refractivity contribution in [2.45, 2.75) is 38.1 Å². The first-order valence-electron chi connectivity index (χ1n) is 10.1. The maximum atomic E-state index is 12.8. The molecule has 0 unspecified atom stereocenters. The molecule has 2 aromatic carbocycles. The second-order valence-electron chi connectivity index (χ2n) is 7.82. The molecule has 0 saturated carbocycles. The van der Waals surface area contributed by atoms with Gasteiger partial charge in [-0.1, -0.05) is 35.9 Å². The summed E-state index contributed by atoms with van der Waals surface area (Å²) < 4.78 is 28.4. The SMILES string of the molecule is CC(=O)Nc1ccc(C)c(S(=O)(=O)NCC2CCN(Cc3ccccc3Cl)CC2)c1. The minimum absolute atomic E-state index is 0.199. The van der Waals surface area contributed by atoms with Crippen molar-refractivity contribution < 1.29 is 13.2 Å². The highest BCUT2D eigenvalue weighted by atomic mass is 35.5. The molecule has 0 spiro atoms. The Kier molecular flexibility index (Phi) is 7.52. The molecule has 1 amide bonds. The fourth-order valence-electron chi connectivity index (χ4n) is 3.69. The summed E-state index contributed by atoms with van der Waals surface area (Å²) in [5.41, 5.74) is 2.24. The van der Waals surface area contributed by atoms with Crippen molar-refractivity contribution in [2.24, 2.45) is 5.92 Å². The number of hydrogen-bond acceptors (Lipinski definition) is 4. The minimum atomic E-state index is -3.65. The van der Waals surface area contributed by atoms with Crippen molar-refractivity contribution in [3.8, 4) is 0 Å². The van der Waals surface area contributed by atoms with Crippen molar-refractivity contribution >= 4 is 33.2 Å². The van der Waals surface area contributed by atoms with Gasteiger partial charge in [0.15, 0.2) is 0 Å². The first kappa shape index (κ1) is 22.7. The van der Waals surface area contributed by atoms with Gasteiger partial charge < -0.3 is 5.32 Å². The van der Waals surface area contributed by atoms with E-state index in [1.165, 1.54) is 13.0 Å². The molecule has 1 aliphatic heterocycles. The fraction of sp³-hybridized carbons (Fsp3) is 0.409. The molecule has 0 bridgehead atoms. The van der Waals surface area contributed by atoms with Gasteiger partial charge in [-0.05, 0) is 68.1 Å². The van der Waals surface area contributed by atoms with E-state index in [0.29, 0.717) is 23.7 Å². The highest BCUT2D eigenvalue weighted by Crippen LogP contribution is 2.24. The van der Waals surface area contributed by atoms with Crippen molar-refractivity contribution in [2.75, 3.05) is 25.0 Å². The third-order valence-corrected chi connectivity index (χ3v) is 7.35. The number of amides is 1. The quantitative estimate of drug-likeness (QED) is 0.673. The van der Waals surface area contributed by atoms with Crippen LogP contribution in [0.3, 0.4) is 0 Å². The number of hydrogen-bond donors (Lipinski definition) is 2. The van der Waals surface area contributed by atoms with Crippen LogP contribution in [0.4, 0.5) is 5.69 Å². The van der Waals surface area contributed by atoms with E-state index in [1.807, 2.05) is 24.3 Å². The first-order valence-corrected chi connectivity index (χ1v) is 11.9. The van der Waals surface area contributed by atoms with Gasteiger partial charge in [0.2, 0.25) is 15.9 Å². The highest BCUT2D eigenvalue weighted by molar-refractivity contribution is 7.89. The van der Waals surface area contributed by atoms with E-state index in [-0.39, 0.29) is 10.8 Å². The third kappa shape index (κ3) is 6.04. The van der Waals surface area contributed by atoms with Crippen LogP contribution in [0.1, 0.15) is 30.9 Å². The molecule has 2 aromatic rings. The van der Waals surface area contributed by atoms with Gasteiger partial charge in [-0.25, -0.2) is 13.1 Å². The smallest absolute Gasteiger partial charge is 0.240 e. The second kappa shape index (κ2) is 9.92. The molecule has 0 radical (unpaired) electrons. The summed E-state index contributed by atoms with van der Waals surface area (Å²) in [5, 5.41) is 3.41. The lowest BCUT2D eigenvalue weighted by atomic mass is 9.97. The van der Waals surface area contributed by atoms with Gasteiger partial charge in [-0.2, -0.15) is 0 Å². The molecule has 0 atom stereocenters. The van der Waals surface area contributed by atoms with E-state index >= 15 is 0 Å². The molecule has 1 saturated heterocycles. The summed E-state index contributed by atoms with van der Waals surface area (Å²) in [4.78, 5) is 13.8. The Balaban J connectivity index is 1.55. The third-order valence-electron chi connectivity index (χ3n) is 5.42. The first-order chi connectivity index (χ1) is 14.2. The number of rotatable bonds is 7. The normalized spacial score (nSPS) is 15.8. The molecule has 0 aromatic heterocycles. The summed E-state index contributed by atoms with van der Waals surface area (Å²) in [6.07, 6.45) is 1.86. The van der Waals surface area contributed by atoms with Crippen LogP contribution in [0.25, 0.3) is 0 Å². The largest absolute Gasteiger partial charge is 0.326 e. The van der Waals surface area contributed by atoms with Crippen LogP contribution in [-0.2, 0) is 21.4 Å². The predicted molar refractivity (Wildman–Crippen MR) is 120 cm³/mol. The number of carbonyl (C=O) groups excluding carboxylic acids is 1. The van der Waals surface area contributed by atoms with E-state index in [2.05, 4.69) is 14.9 Å². The van der Waals surface area contributed by atoms with Crippen LogP contribution in [0.2, 0.25) is 5.02 Å². The van der Waals surface area contributed by atoms with Gasteiger partial charge in [-0.3, -0.25) is 9.69 Å². The Morgan fingerprint density at radius 3 is 2.53 bits per heavy atom. The topological polar surface area (TPSA) is 78.5 Å². The summed E-state index contributed by atoms with van der Waals surface area (Å²) in [5.74, 6) is 0.0554. The Morgan fingerprint density at radius 2 is 1.87 bits per heavy atom. The van der Waals surface area contributed by atoms with Crippen molar-refractivity contribution in [3.63, 3.8) is 0 Å². The molecule has 2 N–H and O–H groups in total. The zero-order valence-corrected chi connectivity index (χ0v) is 18.9. The Morgan fingerprint density at radius 1 is 1.17 bits per heavy atom. The fourth-order valence-corrected chi connectivity index (χ4v) is 5.27. The number of piperidine rings is 1. The molecule has 8 heteroatoms. The number of anilines is 1. The molecule has 1 heterocycles. The molecular formula is C22H28ClN3O3S. The lowest BCUT2D eigenvalue weighted by molar-refractivity contribution is -0.114. The van der Waals surface area contributed by atoms with Crippen LogP contribution >= 0.6 is 11.6 Å². The number of aryl methyl sites for hydroxylation is 1. The Bertz CT molecular complexity index is 1000. The number of sulfonamides is 1. The lowest BCUT2D eigenvalue weighted by Gasteiger charge is -2.32. The van der Waals surface area contributed by atoms with E-state index in [9.17, 15) is 13.2 Å². The maximum Gasteiger partial charge on any atom is 0.240 e. The zero-order chi connectivity index (χ0) is 21.7. The lowest BCUT2D eigenvalue weighted by Crippen LogP contribution is -2.38. The molecule has 30 heavy (non-hydrogen) atoms. The van der Waals surface area contributed by atoms with Crippen molar-refractivity contribution in [3.05, 3.63) is 58.6 Å². The van der Waals surface area contributed by atoms with Crippen molar-refractivity contribution in [1.82, 2.24) is 9.62 Å². The highest BCUT2D eigenvalue weighted by Gasteiger charge is 2.23. The van der Waals surface area contributed by atoms with Crippen LogP contribution in [0.5, 0.6) is 0 Å². The number of likely N-dealkylation sites (tertiary alicyclic amines) is 1. The zero-order valence-electron chi connectivity index (χ0n) is 17.3. The van der Waals surface area contributed by atoms with Crippen LogP contribution in [-0.4, -0.2) is 38.9 Å². The molecule has 162 valence electrons. The average Bonchev–Trinajstić information content (AvgIpc) is 2.70. The molecule has 0 aliphatic carbocycles. The number of benzene rings is 2. The Labute approximate surface area is 183 Å². The summed E-state index contributed by atoms with van der Waals surface area (Å²) in [7, 11) is -3.65. The number of nitrogens with one attached hydrogen (secondary N) is 2. The molecule has 1 aliphatic rings. The van der Waals surface area contributed by atoms with Gasteiger partial charge >= 0.3 is 0 Å². The van der Waals surface area contributed by atoms with Gasteiger partial charge in [0.05, 0.1) is 4.90 Å². The number of nitrogens with zero attached hydrogens (tertiary/aromatic N) is 1. The average molecular weight is 450 g/mol. The minimum Gasteiger partial charge on any atom is -0.326 e. The van der Waals surface area contributed by atoms with E-state index in [1.54, 1.807) is 19.1 Å². The van der Waals surface area contributed by atoms with Gasteiger partial charge in [0.25, 0.3) is 0 Å². The standard InChI is InChI=1S/C22H28ClN3O3S/c1-16-7-8-20(25-17(2)27)13-22(16)30(28,29)24-14-18-9-11-26(12-10-18)15-19-5-3-4-6-21(19)23/h3-8,13,18,24H,9-12,14-15H2,1-2H3,(H,25,27). The molecule has 1 fully saturated rings. The van der Waals surface area contributed by atoms with E-state index in [4.69, 9.17) is 11.6 Å². The molecule has 6 nitrogen and oxygen atoms in total. The van der Waals surface area contributed by atoms with E-state index < -0.39 is 10.0 Å². The molecule has 3 rings (SSSR count). The van der Waals surface area contributed by atoms with Crippen LogP contribution in [0.15, 0.2) is 47.4 Å². The monoisotopic (exact) mass is 449 g/mol. The van der Waals surface area contributed by atoms with Crippen LogP contribution in [0, 0.1) is 12.8 Å². The van der Waals surface area contributed by atoms with Gasteiger partial charge in [0, 0.05) is 30.7 Å². The summed E-state index contributed by atoms with van der Waals surface area (Å²) in [6, 6.07) is 12.8. The van der Waals surface area contributed by atoms with Gasteiger partial charge in [0.1, 0.15) is 0 Å². The van der Waals surface area contributed by atoms with Gasteiger partial charge in [-0.15, -0.1) is 0 Å². The number of halogens is 1. The predicted octanol–water partition coefficient (Wildman–Crippen LogP) is 3.80. The second-order valence-corrected chi connectivity index (χ2v) is 9.97. The van der Waals surface area contributed by atoms with E-state index in [0.717, 1.165) is 43.1 Å². The van der Waals surface area contributed by atoms with Crippen molar-refractivity contribution in [1.29, 1.82) is 0 Å². The number of carbonyl (C=O) groups is 1. The Hall–Kier alpha value is -1.93.